The Morgan fingerprint density at radius 1 is 1.61 bits per heavy atom. The van der Waals surface area contributed by atoms with Crippen LogP contribution in [0.25, 0.3) is 6.08 Å². The Kier molecular flexibility index (Phi) is 6.76. The third kappa shape index (κ3) is 5.46. The minimum atomic E-state index is -0.174. The second-order valence-electron chi connectivity index (χ2n) is 5.50. The van der Waals surface area contributed by atoms with E-state index in [0.717, 1.165) is 10.4 Å². The smallest absolute Gasteiger partial charge is 0.244 e. The van der Waals surface area contributed by atoms with Crippen LogP contribution in [-0.2, 0) is 20.9 Å². The number of aliphatic hydroxyl groups is 1. The highest BCUT2D eigenvalue weighted by Crippen LogP contribution is 2.17. The third-order valence-corrected chi connectivity index (χ3v) is 4.63. The maximum absolute atomic E-state index is 11.8. The van der Waals surface area contributed by atoms with E-state index in [2.05, 4.69) is 5.32 Å². The van der Waals surface area contributed by atoms with E-state index in [1.54, 1.807) is 18.1 Å². The molecule has 0 saturated carbocycles. The normalized spacial score (nSPS) is 18.1. The summed E-state index contributed by atoms with van der Waals surface area (Å²) in [4.78, 5) is 26.3. The van der Waals surface area contributed by atoms with Crippen molar-refractivity contribution >= 4 is 29.2 Å². The Hall–Kier alpha value is -1.70. The molecule has 1 aliphatic heterocycles. The lowest BCUT2D eigenvalue weighted by atomic mass is 10.1. The minimum absolute atomic E-state index is 0.00577. The molecule has 1 aromatic rings. The van der Waals surface area contributed by atoms with E-state index in [1.807, 2.05) is 11.4 Å². The first-order valence-electron chi connectivity index (χ1n) is 7.53. The number of hydrogen-bond acceptors (Lipinski definition) is 5. The zero-order valence-corrected chi connectivity index (χ0v) is 14.0. The van der Waals surface area contributed by atoms with E-state index in [1.165, 1.54) is 17.4 Å². The third-order valence-electron chi connectivity index (χ3n) is 3.68. The lowest BCUT2D eigenvalue weighted by Crippen LogP contribution is -2.31. The summed E-state index contributed by atoms with van der Waals surface area (Å²) in [7, 11) is 1.61. The van der Waals surface area contributed by atoms with E-state index >= 15 is 0 Å². The fraction of sp³-hybridized carbons (Fsp3) is 0.500. The highest BCUT2D eigenvalue weighted by Gasteiger charge is 2.29. The van der Waals surface area contributed by atoms with Crippen molar-refractivity contribution in [3.05, 3.63) is 28.0 Å². The van der Waals surface area contributed by atoms with Crippen LogP contribution in [0.5, 0.6) is 0 Å². The lowest BCUT2D eigenvalue weighted by Gasteiger charge is -2.15. The molecular weight excluding hydrogens is 316 g/mol. The van der Waals surface area contributed by atoms with E-state index in [4.69, 9.17) is 9.84 Å². The average molecular weight is 338 g/mol. The first-order valence-corrected chi connectivity index (χ1v) is 8.41. The Labute approximate surface area is 139 Å². The Morgan fingerprint density at radius 2 is 2.43 bits per heavy atom. The molecule has 1 aromatic heterocycles. The van der Waals surface area contributed by atoms with Crippen molar-refractivity contribution < 1.29 is 19.4 Å². The summed E-state index contributed by atoms with van der Waals surface area (Å²) in [6.07, 6.45) is 3.68. The fourth-order valence-corrected chi connectivity index (χ4v) is 3.23. The highest BCUT2D eigenvalue weighted by atomic mass is 32.1. The predicted molar refractivity (Wildman–Crippen MR) is 88.8 cm³/mol. The number of carbonyl (C=O) groups excluding carboxylic acids is 2. The van der Waals surface area contributed by atoms with Crippen LogP contribution in [0.15, 0.2) is 17.5 Å². The van der Waals surface area contributed by atoms with Crippen LogP contribution in [0.2, 0.25) is 0 Å². The van der Waals surface area contributed by atoms with Gasteiger partial charge in [0, 0.05) is 50.0 Å². The van der Waals surface area contributed by atoms with Crippen molar-refractivity contribution in [2.24, 2.45) is 5.92 Å². The number of likely N-dealkylation sites (tertiary alicyclic amines) is 1. The number of carbonyl (C=O) groups is 2. The van der Waals surface area contributed by atoms with Gasteiger partial charge < -0.3 is 20.1 Å². The topological polar surface area (TPSA) is 78.9 Å². The summed E-state index contributed by atoms with van der Waals surface area (Å²) >= 11 is 1.48. The molecule has 0 aromatic carbocycles. The number of hydrogen-bond donors (Lipinski definition) is 2. The number of nitrogens with zero attached hydrogens (tertiary/aromatic N) is 1. The molecule has 1 aliphatic rings. The lowest BCUT2D eigenvalue weighted by molar-refractivity contribution is -0.128. The molecule has 2 heterocycles. The summed E-state index contributed by atoms with van der Waals surface area (Å²) in [5.74, 6) is 0.0955. The van der Waals surface area contributed by atoms with Gasteiger partial charge in [-0.05, 0) is 23.1 Å². The Morgan fingerprint density at radius 3 is 3.13 bits per heavy atom. The van der Waals surface area contributed by atoms with Crippen molar-refractivity contribution in [2.45, 2.75) is 13.0 Å². The van der Waals surface area contributed by atoms with Gasteiger partial charge in [-0.3, -0.25) is 9.59 Å². The number of thiophene rings is 1. The Balaban J connectivity index is 1.73. The predicted octanol–water partition coefficient (Wildman–Crippen LogP) is 0.865. The van der Waals surface area contributed by atoms with Gasteiger partial charge >= 0.3 is 0 Å². The van der Waals surface area contributed by atoms with Crippen LogP contribution in [0, 0.1) is 5.92 Å². The molecule has 126 valence electrons. The number of ether oxygens (including phenoxy) is 1. The first-order chi connectivity index (χ1) is 11.1. The number of amides is 2. The molecule has 2 N–H and O–H groups in total. The molecule has 6 nitrogen and oxygen atoms in total. The highest BCUT2D eigenvalue weighted by molar-refractivity contribution is 7.11. The maximum Gasteiger partial charge on any atom is 0.244 e. The molecule has 2 rings (SSSR count). The molecule has 0 aliphatic carbocycles. The second-order valence-corrected chi connectivity index (χ2v) is 6.44. The number of rotatable bonds is 8. The van der Waals surface area contributed by atoms with Gasteiger partial charge in [-0.15, -0.1) is 11.3 Å². The van der Waals surface area contributed by atoms with Gasteiger partial charge in [-0.2, -0.15) is 0 Å². The number of nitrogens with one attached hydrogen (secondary N) is 1. The minimum Gasteiger partial charge on any atom is -0.392 e. The summed E-state index contributed by atoms with van der Waals surface area (Å²) in [6.45, 7) is 2.29. The van der Waals surface area contributed by atoms with Crippen molar-refractivity contribution in [3.63, 3.8) is 0 Å². The summed E-state index contributed by atoms with van der Waals surface area (Å²) in [5, 5.41) is 13.7. The summed E-state index contributed by atoms with van der Waals surface area (Å²) in [5.41, 5.74) is 0.843. The summed E-state index contributed by atoms with van der Waals surface area (Å²) < 4.78 is 4.98. The molecule has 2 amide bonds. The van der Waals surface area contributed by atoms with Crippen LogP contribution < -0.4 is 5.32 Å². The van der Waals surface area contributed by atoms with Gasteiger partial charge in [0.2, 0.25) is 11.8 Å². The molecule has 0 bridgehead atoms. The molecular formula is C16H22N2O4S. The summed E-state index contributed by atoms with van der Waals surface area (Å²) in [6, 6.07) is 1.85. The van der Waals surface area contributed by atoms with Gasteiger partial charge in [-0.25, -0.2) is 0 Å². The largest absolute Gasteiger partial charge is 0.392 e. The number of aliphatic hydroxyl groups excluding tert-OH is 1. The van der Waals surface area contributed by atoms with Crippen molar-refractivity contribution in [1.82, 2.24) is 10.2 Å². The molecule has 23 heavy (non-hydrogen) atoms. The zero-order valence-electron chi connectivity index (χ0n) is 13.2. The number of methoxy groups -OCH3 is 1. The van der Waals surface area contributed by atoms with Gasteiger partial charge in [0.05, 0.1) is 13.2 Å². The molecule has 1 atom stereocenters. The van der Waals surface area contributed by atoms with Crippen molar-refractivity contribution in [2.75, 3.05) is 33.4 Å². The quantitative estimate of drug-likeness (QED) is 0.689. The standard InChI is InChI=1S/C16H22N2O4S/c1-22-5-4-18-9-12(7-16(18)21)8-17-15(20)3-2-14-6-13(10-19)11-23-14/h2-3,6,11-12,19H,4-5,7-10H2,1H3,(H,17,20)/b3-2+. The monoisotopic (exact) mass is 338 g/mol. The zero-order chi connectivity index (χ0) is 16.7. The van der Waals surface area contributed by atoms with Gasteiger partial charge in [-0.1, -0.05) is 0 Å². The van der Waals surface area contributed by atoms with E-state index in [9.17, 15) is 9.59 Å². The van der Waals surface area contributed by atoms with Gasteiger partial charge in [0.15, 0.2) is 0 Å². The van der Waals surface area contributed by atoms with E-state index in [0.29, 0.717) is 32.7 Å². The van der Waals surface area contributed by atoms with Crippen LogP contribution in [0.4, 0.5) is 0 Å². The van der Waals surface area contributed by atoms with E-state index < -0.39 is 0 Å². The van der Waals surface area contributed by atoms with Gasteiger partial charge in [0.25, 0.3) is 0 Å². The average Bonchev–Trinajstić information content (AvgIpc) is 3.15. The molecule has 1 fully saturated rings. The molecule has 0 spiro atoms. The van der Waals surface area contributed by atoms with Crippen molar-refractivity contribution in [3.8, 4) is 0 Å². The van der Waals surface area contributed by atoms with Crippen LogP contribution in [-0.4, -0.2) is 55.2 Å². The van der Waals surface area contributed by atoms with E-state index in [-0.39, 0.29) is 24.3 Å². The maximum atomic E-state index is 11.8. The second kappa shape index (κ2) is 8.81. The van der Waals surface area contributed by atoms with Gasteiger partial charge in [0.1, 0.15) is 0 Å². The van der Waals surface area contributed by atoms with Crippen LogP contribution in [0.3, 0.4) is 0 Å². The Bertz CT molecular complexity index is 570. The molecule has 1 saturated heterocycles. The van der Waals surface area contributed by atoms with Crippen LogP contribution >= 0.6 is 11.3 Å². The SMILES string of the molecule is COCCN1CC(CNC(=O)/C=C/c2cc(CO)cs2)CC1=O. The molecule has 0 radical (unpaired) electrons. The molecule has 1 unspecified atom stereocenters. The fourth-order valence-electron chi connectivity index (χ4n) is 2.43. The van der Waals surface area contributed by atoms with Crippen LogP contribution in [0.1, 0.15) is 16.9 Å². The first kappa shape index (κ1) is 17.7. The molecule has 7 heteroatoms. The van der Waals surface area contributed by atoms with Crippen molar-refractivity contribution in [1.29, 1.82) is 0 Å².